The number of nitrogens with two attached hydrogens (primary N) is 1. The average Bonchev–Trinajstić information content (AvgIpc) is 2.42. The number of benzene rings is 2. The molecule has 0 heterocycles. The van der Waals surface area contributed by atoms with Gasteiger partial charge in [0.25, 0.3) is 0 Å². The first-order valence-corrected chi connectivity index (χ1v) is 7.71. The number of rotatable bonds is 5. The maximum atomic E-state index is 13.3. The second kappa shape index (κ2) is 7.05. The van der Waals surface area contributed by atoms with Crippen LogP contribution in [-0.2, 0) is 6.42 Å². The highest BCUT2D eigenvalue weighted by atomic mass is 79.9. The van der Waals surface area contributed by atoms with Gasteiger partial charge < -0.3 is 10.5 Å². The predicted molar refractivity (Wildman–Crippen MR) is 86.9 cm³/mol. The molecule has 2 nitrogen and oxygen atoms in total. The molecule has 0 fully saturated rings. The van der Waals surface area contributed by atoms with Crippen LogP contribution in [0.4, 0.5) is 4.39 Å². The fraction of sp³-hybridized carbons (Fsp3) is 0.294. The van der Waals surface area contributed by atoms with Crippen LogP contribution in [0.5, 0.6) is 5.75 Å². The lowest BCUT2D eigenvalue weighted by atomic mass is 9.99. The van der Waals surface area contributed by atoms with Gasteiger partial charge in [0.2, 0.25) is 0 Å². The molecule has 0 spiro atoms. The molecule has 0 aliphatic heterocycles. The Morgan fingerprint density at radius 3 is 2.67 bits per heavy atom. The Kier molecular flexibility index (Phi) is 5.37. The SMILES string of the molecule is CC(C)Oc1cccc(C(N)Cc2cc(F)ccc2Br)c1. The van der Waals surface area contributed by atoms with Crippen LogP contribution >= 0.6 is 15.9 Å². The Bertz CT molecular complexity index is 615. The molecule has 2 N–H and O–H groups in total. The van der Waals surface area contributed by atoms with Crippen LogP contribution in [0, 0.1) is 5.82 Å². The highest BCUT2D eigenvalue weighted by Crippen LogP contribution is 2.25. The second-order valence-corrected chi connectivity index (χ2v) is 6.14. The van der Waals surface area contributed by atoms with Gasteiger partial charge in [0.15, 0.2) is 0 Å². The molecule has 0 bridgehead atoms. The zero-order valence-electron chi connectivity index (χ0n) is 12.1. The van der Waals surface area contributed by atoms with Crippen molar-refractivity contribution < 1.29 is 9.13 Å². The molecule has 21 heavy (non-hydrogen) atoms. The predicted octanol–water partition coefficient (Wildman–Crippen LogP) is 4.62. The summed E-state index contributed by atoms with van der Waals surface area (Å²) in [6.07, 6.45) is 0.678. The molecule has 0 saturated heterocycles. The van der Waals surface area contributed by atoms with E-state index >= 15 is 0 Å². The van der Waals surface area contributed by atoms with Crippen molar-refractivity contribution in [3.8, 4) is 5.75 Å². The summed E-state index contributed by atoms with van der Waals surface area (Å²) in [6.45, 7) is 3.97. The smallest absolute Gasteiger partial charge is 0.123 e. The van der Waals surface area contributed by atoms with E-state index in [9.17, 15) is 4.39 Å². The van der Waals surface area contributed by atoms with Gasteiger partial charge in [0.1, 0.15) is 11.6 Å². The maximum absolute atomic E-state index is 13.3. The van der Waals surface area contributed by atoms with E-state index in [1.807, 2.05) is 38.1 Å². The molecule has 0 aromatic heterocycles. The number of ether oxygens (including phenoxy) is 1. The minimum atomic E-state index is -0.253. The molecule has 0 amide bonds. The molecule has 0 aliphatic rings. The van der Waals surface area contributed by atoms with Crippen LogP contribution in [0.3, 0.4) is 0 Å². The molecule has 112 valence electrons. The van der Waals surface area contributed by atoms with E-state index in [2.05, 4.69) is 15.9 Å². The van der Waals surface area contributed by atoms with Crippen LogP contribution in [0.2, 0.25) is 0 Å². The molecular weight excluding hydrogens is 333 g/mol. The molecule has 0 radical (unpaired) electrons. The molecule has 0 saturated carbocycles. The fourth-order valence-corrected chi connectivity index (χ4v) is 2.55. The van der Waals surface area contributed by atoms with Crippen molar-refractivity contribution in [2.75, 3.05) is 0 Å². The molecule has 2 rings (SSSR count). The number of halogens is 2. The first-order chi connectivity index (χ1) is 9.95. The van der Waals surface area contributed by atoms with Crippen molar-refractivity contribution in [2.24, 2.45) is 5.73 Å². The Morgan fingerprint density at radius 1 is 1.19 bits per heavy atom. The highest BCUT2D eigenvalue weighted by molar-refractivity contribution is 9.10. The van der Waals surface area contributed by atoms with Crippen LogP contribution < -0.4 is 10.5 Å². The molecule has 1 unspecified atom stereocenters. The summed E-state index contributed by atoms with van der Waals surface area (Å²) in [5.74, 6) is 0.550. The Hall–Kier alpha value is -1.39. The molecule has 2 aromatic carbocycles. The minimum absolute atomic E-state index is 0.119. The van der Waals surface area contributed by atoms with Crippen LogP contribution in [0.25, 0.3) is 0 Å². The van der Waals surface area contributed by atoms with E-state index in [1.54, 1.807) is 6.07 Å². The average molecular weight is 352 g/mol. The Balaban J connectivity index is 2.16. The van der Waals surface area contributed by atoms with E-state index in [4.69, 9.17) is 10.5 Å². The van der Waals surface area contributed by atoms with E-state index in [1.165, 1.54) is 12.1 Å². The van der Waals surface area contributed by atoms with Crippen molar-refractivity contribution in [2.45, 2.75) is 32.4 Å². The summed E-state index contributed by atoms with van der Waals surface area (Å²) in [6, 6.07) is 12.2. The van der Waals surface area contributed by atoms with Gasteiger partial charge in [0, 0.05) is 10.5 Å². The van der Waals surface area contributed by atoms with E-state index < -0.39 is 0 Å². The van der Waals surface area contributed by atoms with Gasteiger partial charge in [-0.1, -0.05) is 28.1 Å². The summed E-state index contributed by atoms with van der Waals surface area (Å²) in [5.41, 5.74) is 8.08. The fourth-order valence-electron chi connectivity index (χ4n) is 2.15. The van der Waals surface area contributed by atoms with Crippen LogP contribution in [0.1, 0.15) is 31.0 Å². The largest absolute Gasteiger partial charge is 0.491 e. The quantitative estimate of drug-likeness (QED) is 0.852. The van der Waals surface area contributed by atoms with Crippen molar-refractivity contribution in [1.82, 2.24) is 0 Å². The van der Waals surface area contributed by atoms with Gasteiger partial charge in [-0.05, 0) is 61.7 Å². The monoisotopic (exact) mass is 351 g/mol. The van der Waals surface area contributed by atoms with Crippen molar-refractivity contribution >= 4 is 15.9 Å². The zero-order chi connectivity index (χ0) is 15.4. The topological polar surface area (TPSA) is 35.2 Å². The minimum Gasteiger partial charge on any atom is -0.491 e. The first-order valence-electron chi connectivity index (χ1n) is 6.92. The maximum Gasteiger partial charge on any atom is 0.123 e. The second-order valence-electron chi connectivity index (χ2n) is 5.29. The highest BCUT2D eigenvalue weighted by Gasteiger charge is 2.11. The van der Waals surface area contributed by atoms with Gasteiger partial charge >= 0.3 is 0 Å². The van der Waals surface area contributed by atoms with E-state index in [-0.39, 0.29) is 18.0 Å². The summed E-state index contributed by atoms with van der Waals surface area (Å²) in [5, 5.41) is 0. The summed E-state index contributed by atoms with van der Waals surface area (Å²) >= 11 is 3.43. The molecule has 2 aromatic rings. The third kappa shape index (κ3) is 4.55. The Labute approximate surface area is 133 Å². The normalized spacial score (nSPS) is 12.5. The van der Waals surface area contributed by atoms with Crippen LogP contribution in [0.15, 0.2) is 46.9 Å². The van der Waals surface area contributed by atoms with Crippen molar-refractivity contribution in [1.29, 1.82) is 0 Å². The summed E-state index contributed by atoms with van der Waals surface area (Å²) in [4.78, 5) is 0. The Morgan fingerprint density at radius 2 is 1.95 bits per heavy atom. The molecule has 0 aliphatic carbocycles. The lowest BCUT2D eigenvalue weighted by molar-refractivity contribution is 0.242. The third-order valence-corrected chi connectivity index (χ3v) is 3.88. The first kappa shape index (κ1) is 16.0. The van der Waals surface area contributed by atoms with E-state index in [0.29, 0.717) is 6.42 Å². The lowest BCUT2D eigenvalue weighted by Crippen LogP contribution is -2.14. The molecular formula is C17H19BrFNO. The van der Waals surface area contributed by atoms with Gasteiger partial charge in [0.05, 0.1) is 6.10 Å². The molecule has 4 heteroatoms. The van der Waals surface area contributed by atoms with Gasteiger partial charge in [-0.2, -0.15) is 0 Å². The molecule has 1 atom stereocenters. The van der Waals surface area contributed by atoms with E-state index in [0.717, 1.165) is 21.3 Å². The van der Waals surface area contributed by atoms with Gasteiger partial charge in [-0.25, -0.2) is 4.39 Å². The standard InChI is InChI=1S/C17H19BrFNO/c1-11(2)21-15-5-3-4-12(9-15)17(20)10-13-8-14(19)6-7-16(13)18/h3-9,11,17H,10,20H2,1-2H3. The summed E-state index contributed by atoms with van der Waals surface area (Å²) in [7, 11) is 0. The number of hydrogen-bond donors (Lipinski definition) is 1. The van der Waals surface area contributed by atoms with Crippen LogP contribution in [-0.4, -0.2) is 6.10 Å². The number of hydrogen-bond acceptors (Lipinski definition) is 2. The lowest BCUT2D eigenvalue weighted by Gasteiger charge is -2.16. The van der Waals surface area contributed by atoms with Crippen molar-refractivity contribution in [3.05, 3.63) is 63.9 Å². The third-order valence-electron chi connectivity index (χ3n) is 3.11. The van der Waals surface area contributed by atoms with Gasteiger partial charge in [-0.15, -0.1) is 0 Å². The zero-order valence-corrected chi connectivity index (χ0v) is 13.7. The summed E-state index contributed by atoms with van der Waals surface area (Å²) < 4.78 is 19.9. The van der Waals surface area contributed by atoms with Gasteiger partial charge in [-0.3, -0.25) is 0 Å². The van der Waals surface area contributed by atoms with Crippen molar-refractivity contribution in [3.63, 3.8) is 0 Å².